The van der Waals surface area contributed by atoms with Crippen LogP contribution in [0.2, 0.25) is 0 Å². The Morgan fingerprint density at radius 3 is 2.80 bits per heavy atom. The number of aryl methyl sites for hydroxylation is 1. The predicted octanol–water partition coefficient (Wildman–Crippen LogP) is 2.26. The summed E-state index contributed by atoms with van der Waals surface area (Å²) in [7, 11) is 2.05. The molecule has 1 fully saturated rings. The molecular formula is C12H21N3. The SMILES string of the molecule is CC(NCC1(C)CCC1)c1nccn1C. The Morgan fingerprint density at radius 2 is 2.33 bits per heavy atom. The molecule has 0 saturated heterocycles. The molecule has 1 aliphatic rings. The van der Waals surface area contributed by atoms with E-state index >= 15 is 0 Å². The van der Waals surface area contributed by atoms with Crippen LogP contribution in [0.25, 0.3) is 0 Å². The van der Waals surface area contributed by atoms with Crippen molar-refractivity contribution in [2.45, 2.75) is 39.2 Å². The first-order valence-corrected chi connectivity index (χ1v) is 5.81. The molecule has 0 amide bonds. The van der Waals surface area contributed by atoms with Gasteiger partial charge in [0.05, 0.1) is 6.04 Å². The van der Waals surface area contributed by atoms with Gasteiger partial charge >= 0.3 is 0 Å². The average Bonchev–Trinajstić information content (AvgIpc) is 2.58. The largest absolute Gasteiger partial charge is 0.337 e. The Labute approximate surface area is 91.9 Å². The van der Waals surface area contributed by atoms with Gasteiger partial charge in [-0.1, -0.05) is 13.3 Å². The van der Waals surface area contributed by atoms with Gasteiger partial charge in [0.1, 0.15) is 5.82 Å². The van der Waals surface area contributed by atoms with E-state index in [9.17, 15) is 0 Å². The van der Waals surface area contributed by atoms with Crippen molar-refractivity contribution in [3.8, 4) is 0 Å². The summed E-state index contributed by atoms with van der Waals surface area (Å²) in [6.07, 6.45) is 7.99. The van der Waals surface area contributed by atoms with Gasteiger partial charge in [0.25, 0.3) is 0 Å². The van der Waals surface area contributed by atoms with Crippen LogP contribution in [0.4, 0.5) is 0 Å². The molecular weight excluding hydrogens is 186 g/mol. The molecule has 1 aliphatic carbocycles. The normalized spacial score (nSPS) is 21.0. The first-order chi connectivity index (χ1) is 7.11. The van der Waals surface area contributed by atoms with Gasteiger partial charge < -0.3 is 9.88 Å². The van der Waals surface area contributed by atoms with E-state index < -0.39 is 0 Å². The minimum absolute atomic E-state index is 0.349. The molecule has 1 aromatic heterocycles. The topological polar surface area (TPSA) is 29.9 Å². The highest BCUT2D eigenvalue weighted by atomic mass is 15.1. The highest BCUT2D eigenvalue weighted by Crippen LogP contribution is 2.39. The smallest absolute Gasteiger partial charge is 0.125 e. The van der Waals surface area contributed by atoms with E-state index in [-0.39, 0.29) is 0 Å². The summed E-state index contributed by atoms with van der Waals surface area (Å²) >= 11 is 0. The minimum atomic E-state index is 0.349. The third kappa shape index (κ3) is 2.23. The molecule has 84 valence electrons. The van der Waals surface area contributed by atoms with Crippen molar-refractivity contribution in [2.75, 3.05) is 6.54 Å². The highest BCUT2D eigenvalue weighted by Gasteiger charge is 2.31. The van der Waals surface area contributed by atoms with Crippen LogP contribution in [0, 0.1) is 5.41 Å². The number of aromatic nitrogens is 2. The molecule has 1 N–H and O–H groups in total. The maximum Gasteiger partial charge on any atom is 0.125 e. The predicted molar refractivity (Wildman–Crippen MR) is 61.6 cm³/mol. The van der Waals surface area contributed by atoms with Crippen molar-refractivity contribution in [2.24, 2.45) is 12.5 Å². The fourth-order valence-electron chi connectivity index (χ4n) is 2.24. The molecule has 2 rings (SSSR count). The Bertz CT molecular complexity index is 325. The second-order valence-corrected chi connectivity index (χ2v) is 5.16. The molecule has 1 heterocycles. The first-order valence-electron chi connectivity index (χ1n) is 5.81. The van der Waals surface area contributed by atoms with Crippen molar-refractivity contribution in [3.05, 3.63) is 18.2 Å². The number of hydrogen-bond acceptors (Lipinski definition) is 2. The van der Waals surface area contributed by atoms with E-state index in [1.165, 1.54) is 19.3 Å². The van der Waals surface area contributed by atoms with Crippen LogP contribution in [0.1, 0.15) is 45.0 Å². The standard InChI is InChI=1S/C12H21N3/c1-10(11-13-7-8-15(11)3)14-9-12(2)5-4-6-12/h7-8,10,14H,4-6,9H2,1-3H3. The van der Waals surface area contributed by atoms with Gasteiger partial charge in [-0.15, -0.1) is 0 Å². The van der Waals surface area contributed by atoms with Gasteiger partial charge in [0.2, 0.25) is 0 Å². The zero-order chi connectivity index (χ0) is 10.9. The Balaban J connectivity index is 1.87. The lowest BCUT2D eigenvalue weighted by molar-refractivity contribution is 0.151. The molecule has 0 aliphatic heterocycles. The first kappa shape index (κ1) is 10.7. The summed E-state index contributed by atoms with van der Waals surface area (Å²) in [6, 6.07) is 0.349. The molecule has 1 unspecified atom stereocenters. The van der Waals surface area contributed by atoms with Crippen molar-refractivity contribution >= 4 is 0 Å². The molecule has 0 bridgehead atoms. The number of hydrogen-bond donors (Lipinski definition) is 1. The third-order valence-electron chi connectivity index (χ3n) is 3.64. The summed E-state index contributed by atoms with van der Waals surface area (Å²) in [6.45, 7) is 5.67. The van der Waals surface area contributed by atoms with Gasteiger partial charge in [-0.2, -0.15) is 0 Å². The maximum atomic E-state index is 4.36. The van der Waals surface area contributed by atoms with E-state index in [4.69, 9.17) is 0 Å². The quantitative estimate of drug-likeness (QED) is 0.820. The summed E-state index contributed by atoms with van der Waals surface area (Å²) < 4.78 is 2.08. The fourth-order valence-corrected chi connectivity index (χ4v) is 2.24. The van der Waals surface area contributed by atoms with Gasteiger partial charge in [-0.05, 0) is 25.2 Å². The van der Waals surface area contributed by atoms with E-state index in [0.29, 0.717) is 11.5 Å². The summed E-state index contributed by atoms with van der Waals surface area (Å²) in [5.41, 5.74) is 0.541. The summed E-state index contributed by atoms with van der Waals surface area (Å²) in [5.74, 6) is 1.12. The molecule has 3 nitrogen and oxygen atoms in total. The molecule has 0 spiro atoms. The Hall–Kier alpha value is -0.830. The van der Waals surface area contributed by atoms with Crippen molar-refractivity contribution in [1.82, 2.24) is 14.9 Å². The van der Waals surface area contributed by atoms with E-state index in [0.717, 1.165) is 12.4 Å². The van der Waals surface area contributed by atoms with Crippen LogP contribution in [-0.2, 0) is 7.05 Å². The van der Waals surface area contributed by atoms with Crippen LogP contribution < -0.4 is 5.32 Å². The Kier molecular flexibility index (Phi) is 2.83. The second kappa shape index (κ2) is 3.97. The minimum Gasteiger partial charge on any atom is -0.337 e. The van der Waals surface area contributed by atoms with Gasteiger partial charge in [-0.3, -0.25) is 0 Å². The van der Waals surface area contributed by atoms with Gasteiger partial charge in [-0.25, -0.2) is 4.98 Å². The van der Waals surface area contributed by atoms with Crippen LogP contribution in [0.3, 0.4) is 0 Å². The van der Waals surface area contributed by atoms with Crippen molar-refractivity contribution in [3.63, 3.8) is 0 Å². The fraction of sp³-hybridized carbons (Fsp3) is 0.750. The van der Waals surface area contributed by atoms with Crippen molar-refractivity contribution < 1.29 is 0 Å². The molecule has 1 aromatic rings. The van der Waals surface area contributed by atoms with Crippen LogP contribution in [-0.4, -0.2) is 16.1 Å². The van der Waals surface area contributed by atoms with Crippen LogP contribution >= 0.6 is 0 Å². The van der Waals surface area contributed by atoms with Crippen molar-refractivity contribution in [1.29, 1.82) is 0 Å². The summed E-state index contributed by atoms with van der Waals surface area (Å²) in [4.78, 5) is 4.36. The zero-order valence-corrected chi connectivity index (χ0v) is 9.95. The number of imidazole rings is 1. The lowest BCUT2D eigenvalue weighted by Gasteiger charge is -2.39. The summed E-state index contributed by atoms with van der Waals surface area (Å²) in [5, 5.41) is 3.58. The molecule has 0 radical (unpaired) electrons. The van der Waals surface area contributed by atoms with E-state index in [2.05, 4.69) is 28.7 Å². The third-order valence-corrected chi connectivity index (χ3v) is 3.64. The molecule has 3 heteroatoms. The van der Waals surface area contributed by atoms with E-state index in [1.807, 2.05) is 19.4 Å². The van der Waals surface area contributed by atoms with E-state index in [1.54, 1.807) is 0 Å². The maximum absolute atomic E-state index is 4.36. The van der Waals surface area contributed by atoms with Crippen LogP contribution in [0.5, 0.6) is 0 Å². The van der Waals surface area contributed by atoms with Crippen LogP contribution in [0.15, 0.2) is 12.4 Å². The number of nitrogens with one attached hydrogen (secondary N) is 1. The lowest BCUT2D eigenvalue weighted by atomic mass is 9.70. The van der Waals surface area contributed by atoms with Gasteiger partial charge in [0.15, 0.2) is 0 Å². The molecule has 15 heavy (non-hydrogen) atoms. The second-order valence-electron chi connectivity index (χ2n) is 5.16. The highest BCUT2D eigenvalue weighted by molar-refractivity contribution is 4.98. The number of nitrogens with zero attached hydrogens (tertiary/aromatic N) is 2. The monoisotopic (exact) mass is 207 g/mol. The number of rotatable bonds is 4. The average molecular weight is 207 g/mol. The lowest BCUT2D eigenvalue weighted by Crippen LogP contribution is -2.38. The zero-order valence-electron chi connectivity index (χ0n) is 9.95. The van der Waals surface area contributed by atoms with Gasteiger partial charge in [0, 0.05) is 26.0 Å². The molecule has 0 aromatic carbocycles. The molecule has 1 saturated carbocycles. The Morgan fingerprint density at radius 1 is 1.60 bits per heavy atom. The molecule has 1 atom stereocenters.